The molecule has 30 heavy (non-hydrogen) atoms. The largest absolute Gasteiger partial charge is 0.453 e. The summed E-state index contributed by atoms with van der Waals surface area (Å²) in [4.78, 5) is 19.6. The van der Waals surface area contributed by atoms with Gasteiger partial charge in [0.15, 0.2) is 11.6 Å². The molecule has 9 heteroatoms. The van der Waals surface area contributed by atoms with Gasteiger partial charge in [-0.1, -0.05) is 36.2 Å². The molecule has 0 atom stereocenters. The molecule has 0 saturated heterocycles. The van der Waals surface area contributed by atoms with Gasteiger partial charge in [-0.3, -0.25) is 4.79 Å². The van der Waals surface area contributed by atoms with Crippen molar-refractivity contribution in [3.63, 3.8) is 0 Å². The van der Waals surface area contributed by atoms with E-state index >= 15 is 4.39 Å². The molecule has 154 valence electrons. The third-order valence-electron chi connectivity index (χ3n) is 4.25. The Morgan fingerprint density at radius 2 is 2.10 bits per heavy atom. The van der Waals surface area contributed by atoms with Gasteiger partial charge in [-0.15, -0.1) is 0 Å². The summed E-state index contributed by atoms with van der Waals surface area (Å²) < 4.78 is 20.6. The summed E-state index contributed by atoms with van der Waals surface area (Å²) in [6.07, 6.45) is 0.588. The molecule has 2 N–H and O–H groups in total. The first-order valence-electron chi connectivity index (χ1n) is 9.01. The fourth-order valence-electron chi connectivity index (χ4n) is 2.85. The van der Waals surface area contributed by atoms with Gasteiger partial charge in [0.05, 0.1) is 22.3 Å². The highest BCUT2D eigenvalue weighted by Gasteiger charge is 2.18. The Labute approximate surface area is 182 Å². The number of benzene rings is 2. The molecule has 0 aliphatic rings. The molecule has 0 unspecified atom stereocenters. The fraction of sp³-hybridized carbons (Fsp3) is 0.190. The summed E-state index contributed by atoms with van der Waals surface area (Å²) in [5, 5.41) is 12.0. The predicted molar refractivity (Wildman–Crippen MR) is 112 cm³/mol. The van der Waals surface area contributed by atoms with Crippen LogP contribution < -0.4 is 10.1 Å². The number of nitriles is 1. The second kappa shape index (κ2) is 9.16. The van der Waals surface area contributed by atoms with Crippen molar-refractivity contribution in [3.05, 3.63) is 74.5 Å². The number of aromatic nitrogens is 2. The SMILES string of the molecule is CCc1nc(C)[nH]c1C(=O)NCc1ccc(Cl)c(Oc2cc(Cl)cc(C#N)c2)c1F. The lowest BCUT2D eigenvalue weighted by molar-refractivity contribution is 0.0945. The van der Waals surface area contributed by atoms with Gasteiger partial charge in [-0.25, -0.2) is 9.37 Å². The van der Waals surface area contributed by atoms with Crippen LogP contribution in [0.2, 0.25) is 10.0 Å². The van der Waals surface area contributed by atoms with Gasteiger partial charge in [0.2, 0.25) is 0 Å². The lowest BCUT2D eigenvalue weighted by atomic mass is 10.2. The zero-order chi connectivity index (χ0) is 21.8. The van der Waals surface area contributed by atoms with E-state index in [0.717, 1.165) is 0 Å². The zero-order valence-corrected chi connectivity index (χ0v) is 17.7. The maximum absolute atomic E-state index is 15.0. The van der Waals surface area contributed by atoms with Crippen molar-refractivity contribution in [3.8, 4) is 17.6 Å². The van der Waals surface area contributed by atoms with Crippen molar-refractivity contribution in [2.45, 2.75) is 26.8 Å². The van der Waals surface area contributed by atoms with Crippen LogP contribution >= 0.6 is 23.2 Å². The summed E-state index contributed by atoms with van der Waals surface area (Å²) in [7, 11) is 0. The first kappa shape index (κ1) is 21.6. The number of carbonyl (C=O) groups is 1. The second-order valence-corrected chi connectivity index (χ2v) is 7.26. The van der Waals surface area contributed by atoms with Crippen LogP contribution in [0, 0.1) is 24.1 Å². The summed E-state index contributed by atoms with van der Waals surface area (Å²) >= 11 is 12.1. The molecule has 2 aromatic carbocycles. The second-order valence-electron chi connectivity index (χ2n) is 6.42. The predicted octanol–water partition coefficient (Wildman–Crippen LogP) is 5.32. The quantitative estimate of drug-likeness (QED) is 0.535. The van der Waals surface area contributed by atoms with Crippen molar-refractivity contribution in [2.75, 3.05) is 0 Å². The number of amides is 1. The van der Waals surface area contributed by atoms with E-state index in [2.05, 4.69) is 15.3 Å². The van der Waals surface area contributed by atoms with E-state index in [1.165, 1.54) is 30.3 Å². The standard InChI is InChI=1S/C21H17Cl2FN4O2/c1-3-17-19(28-11(2)27-17)21(29)26-10-13-4-5-16(23)20(18(13)24)30-15-7-12(9-25)6-14(22)8-15/h4-8H,3,10H2,1-2H3,(H,26,29)(H,27,28). The average molecular weight is 447 g/mol. The lowest BCUT2D eigenvalue weighted by Crippen LogP contribution is -2.24. The third-order valence-corrected chi connectivity index (χ3v) is 4.76. The number of aromatic amines is 1. The van der Waals surface area contributed by atoms with Gasteiger partial charge < -0.3 is 15.0 Å². The highest BCUT2D eigenvalue weighted by Crippen LogP contribution is 2.35. The molecular formula is C21H17Cl2FN4O2. The van der Waals surface area contributed by atoms with E-state index in [-0.39, 0.29) is 39.2 Å². The first-order chi connectivity index (χ1) is 14.3. The third kappa shape index (κ3) is 4.73. The van der Waals surface area contributed by atoms with Crippen molar-refractivity contribution >= 4 is 29.1 Å². The van der Waals surface area contributed by atoms with E-state index < -0.39 is 11.7 Å². The molecule has 1 amide bonds. The number of rotatable bonds is 6. The molecule has 6 nitrogen and oxygen atoms in total. The van der Waals surface area contributed by atoms with Crippen LogP contribution in [0.25, 0.3) is 0 Å². The smallest absolute Gasteiger partial charge is 0.269 e. The maximum atomic E-state index is 15.0. The van der Waals surface area contributed by atoms with Gasteiger partial charge >= 0.3 is 0 Å². The molecule has 0 radical (unpaired) electrons. The summed E-state index contributed by atoms with van der Waals surface area (Å²) in [5.74, 6) is -0.540. The highest BCUT2D eigenvalue weighted by atomic mass is 35.5. The number of carbonyl (C=O) groups excluding carboxylic acids is 1. The minimum atomic E-state index is -0.724. The van der Waals surface area contributed by atoms with Crippen LogP contribution in [0.15, 0.2) is 30.3 Å². The van der Waals surface area contributed by atoms with Crippen LogP contribution in [0.5, 0.6) is 11.5 Å². The topological polar surface area (TPSA) is 90.8 Å². The van der Waals surface area contributed by atoms with E-state index in [1.807, 2.05) is 13.0 Å². The van der Waals surface area contributed by atoms with Gasteiger partial charge in [0, 0.05) is 17.1 Å². The molecule has 3 rings (SSSR count). The van der Waals surface area contributed by atoms with Gasteiger partial charge in [0.25, 0.3) is 5.91 Å². The van der Waals surface area contributed by atoms with Crippen molar-refractivity contribution in [1.82, 2.24) is 15.3 Å². The lowest BCUT2D eigenvalue weighted by Gasteiger charge is -2.13. The fourth-order valence-corrected chi connectivity index (χ4v) is 3.26. The number of nitrogens with one attached hydrogen (secondary N) is 2. The molecule has 0 saturated carbocycles. The number of nitrogens with zero attached hydrogens (tertiary/aromatic N) is 2. The van der Waals surface area contributed by atoms with Crippen LogP contribution in [0.1, 0.15) is 40.1 Å². The summed E-state index contributed by atoms with van der Waals surface area (Å²) in [6.45, 7) is 3.56. The Kier molecular flexibility index (Phi) is 6.60. The Hall–Kier alpha value is -3.08. The van der Waals surface area contributed by atoms with Gasteiger partial charge in [-0.2, -0.15) is 5.26 Å². The highest BCUT2D eigenvalue weighted by molar-refractivity contribution is 6.32. The average Bonchev–Trinajstić information content (AvgIpc) is 3.10. The number of imidazole rings is 1. The van der Waals surface area contributed by atoms with Crippen LogP contribution in [-0.4, -0.2) is 15.9 Å². The molecule has 0 bridgehead atoms. The maximum Gasteiger partial charge on any atom is 0.269 e. The van der Waals surface area contributed by atoms with Crippen molar-refractivity contribution in [1.29, 1.82) is 5.26 Å². The number of ether oxygens (including phenoxy) is 1. The number of aryl methyl sites for hydroxylation is 2. The molecule has 0 spiro atoms. The Morgan fingerprint density at radius 3 is 2.80 bits per heavy atom. The number of halogens is 3. The molecule has 0 aliphatic carbocycles. The zero-order valence-electron chi connectivity index (χ0n) is 16.1. The van der Waals surface area contributed by atoms with E-state index in [1.54, 1.807) is 6.92 Å². The minimum absolute atomic E-state index is 0.0403. The Balaban J connectivity index is 1.82. The van der Waals surface area contributed by atoms with Gasteiger partial charge in [0.1, 0.15) is 17.3 Å². The molecule has 0 aliphatic heterocycles. The minimum Gasteiger partial charge on any atom is -0.453 e. The molecule has 0 fully saturated rings. The number of hydrogen-bond donors (Lipinski definition) is 2. The van der Waals surface area contributed by atoms with Crippen molar-refractivity contribution < 1.29 is 13.9 Å². The van der Waals surface area contributed by atoms with Crippen LogP contribution in [0.4, 0.5) is 4.39 Å². The Bertz CT molecular complexity index is 1150. The van der Waals surface area contributed by atoms with Crippen LogP contribution in [-0.2, 0) is 13.0 Å². The van der Waals surface area contributed by atoms with Gasteiger partial charge in [-0.05, 0) is 37.6 Å². The number of hydrogen-bond acceptors (Lipinski definition) is 4. The molecule has 3 aromatic rings. The molecule has 1 heterocycles. The summed E-state index contributed by atoms with van der Waals surface area (Å²) in [6, 6.07) is 9.20. The molecular weight excluding hydrogens is 430 g/mol. The van der Waals surface area contributed by atoms with Crippen LogP contribution in [0.3, 0.4) is 0 Å². The number of H-pyrrole nitrogens is 1. The van der Waals surface area contributed by atoms with E-state index in [4.69, 9.17) is 33.2 Å². The summed E-state index contributed by atoms with van der Waals surface area (Å²) in [5.41, 5.74) is 1.43. The normalized spacial score (nSPS) is 10.5. The monoisotopic (exact) mass is 446 g/mol. The van der Waals surface area contributed by atoms with E-state index in [0.29, 0.717) is 23.6 Å². The Morgan fingerprint density at radius 1 is 1.33 bits per heavy atom. The van der Waals surface area contributed by atoms with E-state index in [9.17, 15) is 4.79 Å². The van der Waals surface area contributed by atoms with Crippen molar-refractivity contribution in [2.24, 2.45) is 0 Å². The molecule has 1 aromatic heterocycles. The first-order valence-corrected chi connectivity index (χ1v) is 9.77.